The molecule has 1 amide bonds. The van der Waals surface area contributed by atoms with E-state index in [0.717, 1.165) is 11.3 Å². The molecule has 0 aliphatic carbocycles. The van der Waals surface area contributed by atoms with E-state index >= 15 is 0 Å². The van der Waals surface area contributed by atoms with E-state index in [4.69, 9.17) is 5.11 Å². The number of hydrogen-bond acceptors (Lipinski definition) is 4. The summed E-state index contributed by atoms with van der Waals surface area (Å²) in [6.45, 7) is 0. The molecule has 90 valence electrons. The van der Waals surface area contributed by atoms with Gasteiger partial charge in [0.2, 0.25) is 0 Å². The summed E-state index contributed by atoms with van der Waals surface area (Å²) in [4.78, 5) is 14.6. The molecule has 6 nitrogen and oxygen atoms in total. The van der Waals surface area contributed by atoms with E-state index in [9.17, 15) is 4.79 Å². The second-order valence-electron chi connectivity index (χ2n) is 3.56. The van der Waals surface area contributed by atoms with Crippen molar-refractivity contribution < 1.29 is 9.90 Å². The van der Waals surface area contributed by atoms with Crippen molar-refractivity contribution in [1.29, 1.82) is 0 Å². The van der Waals surface area contributed by atoms with Gasteiger partial charge in [-0.2, -0.15) is 16.3 Å². The number of fused-ring (bicyclic) bond motifs is 1. The average Bonchev–Trinajstić information content (AvgIpc) is 2.94. The topological polar surface area (TPSA) is 79.5 Å². The lowest BCUT2D eigenvalue weighted by Crippen LogP contribution is -2.08. The Bertz CT molecular complexity index is 705. The van der Waals surface area contributed by atoms with E-state index in [1.54, 1.807) is 21.9 Å². The summed E-state index contributed by atoms with van der Waals surface area (Å²) in [6.07, 6.45) is -1.18. The number of thiophene rings is 1. The summed E-state index contributed by atoms with van der Waals surface area (Å²) in [7, 11) is 0. The third-order valence-corrected chi connectivity index (χ3v) is 3.08. The molecule has 3 aromatic rings. The van der Waals surface area contributed by atoms with Crippen LogP contribution < -0.4 is 5.32 Å². The number of amides is 1. The maximum Gasteiger partial charge on any atom is 0.411 e. The number of pyridine rings is 1. The quantitative estimate of drug-likeness (QED) is 0.742. The van der Waals surface area contributed by atoms with Crippen LogP contribution in [0, 0.1) is 0 Å². The lowest BCUT2D eigenvalue weighted by atomic mass is 10.2. The molecular weight excluding hydrogens is 252 g/mol. The van der Waals surface area contributed by atoms with Gasteiger partial charge in [0.05, 0.1) is 5.69 Å². The number of carbonyl (C=O) groups is 1. The first-order valence-electron chi connectivity index (χ1n) is 5.12. The molecule has 0 radical (unpaired) electrons. The Morgan fingerprint density at radius 3 is 3.00 bits per heavy atom. The molecule has 3 aromatic heterocycles. The SMILES string of the molecule is O=C(O)Nc1nc2cccc(-c3ccsc3)n2n1. The highest BCUT2D eigenvalue weighted by Gasteiger charge is 2.10. The molecule has 3 heterocycles. The minimum Gasteiger partial charge on any atom is -0.465 e. The first-order valence-corrected chi connectivity index (χ1v) is 6.06. The van der Waals surface area contributed by atoms with Gasteiger partial charge in [0.25, 0.3) is 5.95 Å². The normalized spacial score (nSPS) is 10.7. The Balaban J connectivity index is 2.16. The zero-order chi connectivity index (χ0) is 12.5. The Hall–Kier alpha value is -2.41. The van der Waals surface area contributed by atoms with Crippen molar-refractivity contribution >= 4 is 29.0 Å². The van der Waals surface area contributed by atoms with Gasteiger partial charge in [-0.15, -0.1) is 5.10 Å². The molecule has 0 unspecified atom stereocenters. The maximum atomic E-state index is 10.6. The highest BCUT2D eigenvalue weighted by molar-refractivity contribution is 7.08. The minimum atomic E-state index is -1.18. The van der Waals surface area contributed by atoms with E-state index in [2.05, 4.69) is 15.4 Å². The van der Waals surface area contributed by atoms with E-state index in [-0.39, 0.29) is 5.95 Å². The molecule has 0 saturated carbocycles. The molecule has 2 N–H and O–H groups in total. The zero-order valence-corrected chi connectivity index (χ0v) is 9.89. The van der Waals surface area contributed by atoms with E-state index in [0.29, 0.717) is 5.65 Å². The van der Waals surface area contributed by atoms with Crippen LogP contribution in [-0.2, 0) is 0 Å². The summed E-state index contributed by atoms with van der Waals surface area (Å²) < 4.78 is 1.62. The second kappa shape index (κ2) is 4.11. The lowest BCUT2D eigenvalue weighted by molar-refractivity contribution is 0.209. The van der Waals surface area contributed by atoms with Gasteiger partial charge < -0.3 is 5.11 Å². The third-order valence-electron chi connectivity index (χ3n) is 2.40. The largest absolute Gasteiger partial charge is 0.465 e. The third kappa shape index (κ3) is 1.80. The van der Waals surface area contributed by atoms with Crippen molar-refractivity contribution in [3.8, 4) is 11.3 Å². The van der Waals surface area contributed by atoms with Crippen LogP contribution in [0.15, 0.2) is 35.0 Å². The molecule has 0 bridgehead atoms. The fourth-order valence-electron chi connectivity index (χ4n) is 1.68. The first-order chi connectivity index (χ1) is 8.74. The van der Waals surface area contributed by atoms with Gasteiger partial charge in [-0.25, -0.2) is 9.31 Å². The highest BCUT2D eigenvalue weighted by atomic mass is 32.1. The summed E-state index contributed by atoms with van der Waals surface area (Å²) >= 11 is 1.59. The molecule has 0 aromatic carbocycles. The maximum absolute atomic E-state index is 10.6. The summed E-state index contributed by atoms with van der Waals surface area (Å²) in [5.74, 6) is 0.0742. The van der Waals surface area contributed by atoms with Gasteiger partial charge in [-0.3, -0.25) is 5.32 Å². The number of nitrogens with zero attached hydrogens (tertiary/aromatic N) is 3. The second-order valence-corrected chi connectivity index (χ2v) is 4.34. The fraction of sp³-hybridized carbons (Fsp3) is 0. The number of carboxylic acid groups (broad SMARTS) is 1. The Kier molecular flexibility index (Phi) is 2.45. The number of hydrogen-bond donors (Lipinski definition) is 2. The highest BCUT2D eigenvalue weighted by Crippen LogP contribution is 2.22. The Morgan fingerprint density at radius 1 is 1.39 bits per heavy atom. The van der Waals surface area contributed by atoms with Gasteiger partial charge in [-0.05, 0) is 23.6 Å². The monoisotopic (exact) mass is 260 g/mol. The molecule has 18 heavy (non-hydrogen) atoms. The van der Waals surface area contributed by atoms with E-state index < -0.39 is 6.09 Å². The van der Waals surface area contributed by atoms with Crippen molar-refractivity contribution in [2.45, 2.75) is 0 Å². The smallest absolute Gasteiger partial charge is 0.411 e. The van der Waals surface area contributed by atoms with Crippen molar-refractivity contribution in [2.24, 2.45) is 0 Å². The molecule has 3 rings (SSSR count). The van der Waals surface area contributed by atoms with Crippen LogP contribution >= 0.6 is 11.3 Å². The van der Waals surface area contributed by atoms with Crippen LogP contribution in [0.25, 0.3) is 16.9 Å². The van der Waals surface area contributed by atoms with Gasteiger partial charge in [0, 0.05) is 10.9 Å². The van der Waals surface area contributed by atoms with Gasteiger partial charge in [0.15, 0.2) is 5.65 Å². The molecule has 0 fully saturated rings. The van der Waals surface area contributed by atoms with Crippen LogP contribution in [0.5, 0.6) is 0 Å². The zero-order valence-electron chi connectivity index (χ0n) is 9.07. The van der Waals surface area contributed by atoms with Crippen LogP contribution in [0.1, 0.15) is 0 Å². The van der Waals surface area contributed by atoms with Gasteiger partial charge >= 0.3 is 6.09 Å². The van der Waals surface area contributed by atoms with Crippen molar-refractivity contribution in [2.75, 3.05) is 5.32 Å². The Labute approximate surface area is 106 Å². The first kappa shape index (κ1) is 10.7. The van der Waals surface area contributed by atoms with Gasteiger partial charge in [0.1, 0.15) is 0 Å². The van der Waals surface area contributed by atoms with Crippen LogP contribution in [0.4, 0.5) is 10.7 Å². The van der Waals surface area contributed by atoms with Crippen LogP contribution in [-0.4, -0.2) is 25.8 Å². The van der Waals surface area contributed by atoms with Crippen molar-refractivity contribution in [3.05, 3.63) is 35.0 Å². The summed E-state index contributed by atoms with van der Waals surface area (Å²) in [6, 6.07) is 7.52. The molecule has 0 atom stereocenters. The number of rotatable bonds is 2. The van der Waals surface area contributed by atoms with Crippen molar-refractivity contribution in [1.82, 2.24) is 14.6 Å². The number of anilines is 1. The molecule has 0 spiro atoms. The standard InChI is InChI=1S/C11H8N4O2S/c16-11(17)13-10-12-9-3-1-2-8(15(9)14-10)7-4-5-18-6-7/h1-6H,(H,13,14)(H,16,17). The molecule has 0 aliphatic heterocycles. The lowest BCUT2D eigenvalue weighted by Gasteiger charge is -2.00. The summed E-state index contributed by atoms with van der Waals surface area (Å²) in [5, 5.41) is 18.9. The van der Waals surface area contributed by atoms with Crippen LogP contribution in [0.3, 0.4) is 0 Å². The van der Waals surface area contributed by atoms with E-state index in [1.165, 1.54) is 0 Å². The summed E-state index contributed by atoms with van der Waals surface area (Å²) in [5.41, 5.74) is 2.50. The predicted octanol–water partition coefficient (Wildman–Crippen LogP) is 2.55. The van der Waals surface area contributed by atoms with Crippen molar-refractivity contribution in [3.63, 3.8) is 0 Å². The predicted molar refractivity (Wildman–Crippen MR) is 67.9 cm³/mol. The fourth-order valence-corrected chi connectivity index (χ4v) is 2.33. The van der Waals surface area contributed by atoms with Crippen LogP contribution in [0.2, 0.25) is 0 Å². The van der Waals surface area contributed by atoms with Gasteiger partial charge in [-0.1, -0.05) is 6.07 Å². The molecule has 0 saturated heterocycles. The molecular formula is C11H8N4O2S. The molecule has 7 heteroatoms. The number of nitrogens with one attached hydrogen (secondary N) is 1. The number of aromatic nitrogens is 3. The minimum absolute atomic E-state index is 0.0742. The average molecular weight is 260 g/mol. The van der Waals surface area contributed by atoms with E-state index in [1.807, 2.05) is 29.0 Å². The Morgan fingerprint density at radius 2 is 2.28 bits per heavy atom. The molecule has 0 aliphatic rings.